The lowest BCUT2D eigenvalue weighted by molar-refractivity contribution is -0.144. The normalized spacial score (nSPS) is 12.2. The fourth-order valence-electron chi connectivity index (χ4n) is 1.98. The number of aryl methyl sites for hydroxylation is 1. The summed E-state index contributed by atoms with van der Waals surface area (Å²) < 4.78 is 6.92. The summed E-state index contributed by atoms with van der Waals surface area (Å²) in [5.74, 6) is 0.196. The van der Waals surface area contributed by atoms with Crippen LogP contribution in [0.4, 0.5) is 0 Å². The Labute approximate surface area is 122 Å². The molecule has 1 unspecified atom stereocenters. The van der Waals surface area contributed by atoms with Gasteiger partial charge in [-0.1, -0.05) is 29.8 Å². The monoisotopic (exact) mass is 293 g/mol. The van der Waals surface area contributed by atoms with Gasteiger partial charge in [0, 0.05) is 12.1 Å². The molecule has 106 valence electrons. The van der Waals surface area contributed by atoms with Crippen LogP contribution in [-0.2, 0) is 16.6 Å². The van der Waals surface area contributed by atoms with Crippen LogP contribution >= 0.6 is 11.6 Å². The predicted molar refractivity (Wildman–Crippen MR) is 75.7 cm³/mol. The molecular formula is C14H16ClN3O2. The summed E-state index contributed by atoms with van der Waals surface area (Å²) in [6, 6.07) is 7.19. The van der Waals surface area contributed by atoms with Crippen LogP contribution < -0.4 is 0 Å². The molecule has 0 saturated heterocycles. The summed E-state index contributed by atoms with van der Waals surface area (Å²) in [5, 5.41) is 8.59. The van der Waals surface area contributed by atoms with E-state index in [1.165, 1.54) is 0 Å². The van der Waals surface area contributed by atoms with E-state index in [0.717, 1.165) is 5.82 Å². The van der Waals surface area contributed by atoms with Crippen LogP contribution in [0, 0.1) is 6.92 Å². The third-order valence-electron chi connectivity index (χ3n) is 3.12. The van der Waals surface area contributed by atoms with Crippen LogP contribution in [-0.4, -0.2) is 27.3 Å². The standard InChI is InChI=1S/C14H16ClN3O2/c1-4-20-14(19)12(10-7-5-6-8-11(10)15)13-17-16-9(2)18(13)3/h5-8,12H,4H2,1-3H3. The van der Waals surface area contributed by atoms with Gasteiger partial charge in [0.05, 0.1) is 6.61 Å². The second-order valence-corrected chi connectivity index (χ2v) is 4.78. The largest absolute Gasteiger partial charge is 0.465 e. The van der Waals surface area contributed by atoms with Crippen LogP contribution in [0.15, 0.2) is 24.3 Å². The first-order valence-electron chi connectivity index (χ1n) is 6.33. The molecule has 0 aliphatic heterocycles. The average Bonchev–Trinajstić information content (AvgIpc) is 2.74. The second-order valence-electron chi connectivity index (χ2n) is 4.37. The van der Waals surface area contributed by atoms with E-state index >= 15 is 0 Å². The number of nitrogens with zero attached hydrogens (tertiary/aromatic N) is 3. The summed E-state index contributed by atoms with van der Waals surface area (Å²) in [4.78, 5) is 12.3. The molecule has 2 aromatic rings. The van der Waals surface area contributed by atoms with Gasteiger partial charge in [-0.15, -0.1) is 10.2 Å². The van der Waals surface area contributed by atoms with Gasteiger partial charge in [0.1, 0.15) is 11.7 Å². The lowest BCUT2D eigenvalue weighted by atomic mass is 9.98. The number of esters is 1. The van der Waals surface area contributed by atoms with Crippen LogP contribution in [0.5, 0.6) is 0 Å². The third-order valence-corrected chi connectivity index (χ3v) is 3.47. The van der Waals surface area contributed by atoms with Crippen molar-refractivity contribution in [2.24, 2.45) is 7.05 Å². The third kappa shape index (κ3) is 2.67. The maximum Gasteiger partial charge on any atom is 0.321 e. The summed E-state index contributed by atoms with van der Waals surface area (Å²) in [6.07, 6.45) is 0. The quantitative estimate of drug-likeness (QED) is 0.813. The van der Waals surface area contributed by atoms with Crippen molar-refractivity contribution < 1.29 is 9.53 Å². The van der Waals surface area contributed by atoms with Crippen molar-refractivity contribution >= 4 is 17.6 Å². The minimum absolute atomic E-state index is 0.302. The molecule has 1 heterocycles. The van der Waals surface area contributed by atoms with Gasteiger partial charge in [0.2, 0.25) is 0 Å². The Kier molecular flexibility index (Phi) is 4.39. The van der Waals surface area contributed by atoms with E-state index in [9.17, 15) is 4.79 Å². The fraction of sp³-hybridized carbons (Fsp3) is 0.357. The summed E-state index contributed by atoms with van der Waals surface area (Å²) in [6.45, 7) is 3.89. The van der Waals surface area contributed by atoms with Gasteiger partial charge in [-0.3, -0.25) is 4.79 Å². The van der Waals surface area contributed by atoms with Gasteiger partial charge < -0.3 is 9.30 Å². The topological polar surface area (TPSA) is 57.0 Å². The lowest BCUT2D eigenvalue weighted by Crippen LogP contribution is -2.21. The van der Waals surface area contributed by atoms with Crippen LogP contribution in [0.3, 0.4) is 0 Å². The Bertz CT molecular complexity index is 625. The van der Waals surface area contributed by atoms with Gasteiger partial charge in [-0.2, -0.15) is 0 Å². The number of ether oxygens (including phenoxy) is 1. The van der Waals surface area contributed by atoms with Gasteiger partial charge in [-0.05, 0) is 25.5 Å². The minimum Gasteiger partial charge on any atom is -0.465 e. The smallest absolute Gasteiger partial charge is 0.321 e. The molecule has 20 heavy (non-hydrogen) atoms. The van der Waals surface area contributed by atoms with Crippen molar-refractivity contribution in [2.75, 3.05) is 6.61 Å². The highest BCUT2D eigenvalue weighted by atomic mass is 35.5. The van der Waals surface area contributed by atoms with E-state index in [4.69, 9.17) is 16.3 Å². The predicted octanol–water partition coefficient (Wildman–Crippen LogP) is 2.47. The Morgan fingerprint density at radius 3 is 2.65 bits per heavy atom. The molecule has 1 aromatic heterocycles. The molecule has 6 heteroatoms. The van der Waals surface area contributed by atoms with E-state index in [1.54, 1.807) is 23.6 Å². The first-order valence-corrected chi connectivity index (χ1v) is 6.71. The molecular weight excluding hydrogens is 278 g/mol. The fourth-order valence-corrected chi connectivity index (χ4v) is 2.23. The van der Waals surface area contributed by atoms with Crippen LogP contribution in [0.1, 0.15) is 30.1 Å². The number of benzene rings is 1. The Hall–Kier alpha value is -1.88. The molecule has 0 radical (unpaired) electrons. The minimum atomic E-state index is -0.671. The highest BCUT2D eigenvalue weighted by Gasteiger charge is 2.30. The van der Waals surface area contributed by atoms with Crippen molar-refractivity contribution in [1.29, 1.82) is 0 Å². The number of hydrogen-bond donors (Lipinski definition) is 0. The average molecular weight is 294 g/mol. The number of halogens is 1. The van der Waals surface area contributed by atoms with E-state index in [-0.39, 0.29) is 5.97 Å². The molecule has 5 nitrogen and oxygen atoms in total. The molecule has 0 N–H and O–H groups in total. The first kappa shape index (κ1) is 14.5. The molecule has 0 spiro atoms. The first-order chi connectivity index (χ1) is 9.56. The van der Waals surface area contributed by atoms with Crippen molar-refractivity contribution in [3.05, 3.63) is 46.5 Å². The molecule has 0 aliphatic rings. The second kappa shape index (κ2) is 6.05. The van der Waals surface area contributed by atoms with Crippen LogP contribution in [0.2, 0.25) is 5.02 Å². The zero-order valence-corrected chi connectivity index (χ0v) is 12.4. The van der Waals surface area contributed by atoms with Gasteiger partial charge >= 0.3 is 5.97 Å². The molecule has 1 atom stereocenters. The lowest BCUT2D eigenvalue weighted by Gasteiger charge is -2.16. The van der Waals surface area contributed by atoms with Gasteiger partial charge in [0.15, 0.2) is 5.82 Å². The van der Waals surface area contributed by atoms with Gasteiger partial charge in [-0.25, -0.2) is 0 Å². The van der Waals surface area contributed by atoms with Crippen molar-refractivity contribution in [2.45, 2.75) is 19.8 Å². The van der Waals surface area contributed by atoms with Crippen LogP contribution in [0.25, 0.3) is 0 Å². The van der Waals surface area contributed by atoms with Crippen molar-refractivity contribution in [3.8, 4) is 0 Å². The summed E-state index contributed by atoms with van der Waals surface area (Å²) >= 11 is 6.21. The Balaban J connectivity index is 2.54. The highest BCUT2D eigenvalue weighted by molar-refractivity contribution is 6.31. The molecule has 0 fully saturated rings. The number of aromatic nitrogens is 3. The molecule has 2 rings (SSSR count). The highest BCUT2D eigenvalue weighted by Crippen LogP contribution is 2.30. The number of rotatable bonds is 4. The number of carbonyl (C=O) groups excluding carboxylic acids is 1. The summed E-state index contributed by atoms with van der Waals surface area (Å²) in [5.41, 5.74) is 0.670. The molecule has 0 saturated carbocycles. The maximum atomic E-state index is 12.3. The number of carbonyl (C=O) groups is 1. The maximum absolute atomic E-state index is 12.3. The van der Waals surface area contributed by atoms with Crippen molar-refractivity contribution in [3.63, 3.8) is 0 Å². The zero-order chi connectivity index (χ0) is 14.7. The SMILES string of the molecule is CCOC(=O)C(c1ccccc1Cl)c1nnc(C)n1C. The van der Waals surface area contributed by atoms with E-state index in [0.29, 0.717) is 23.0 Å². The summed E-state index contributed by atoms with van der Waals surface area (Å²) in [7, 11) is 1.81. The Morgan fingerprint density at radius 1 is 1.40 bits per heavy atom. The Morgan fingerprint density at radius 2 is 2.10 bits per heavy atom. The van der Waals surface area contributed by atoms with E-state index < -0.39 is 5.92 Å². The molecule has 0 amide bonds. The molecule has 1 aromatic carbocycles. The zero-order valence-electron chi connectivity index (χ0n) is 11.6. The molecule has 0 aliphatic carbocycles. The number of hydrogen-bond acceptors (Lipinski definition) is 4. The van der Waals surface area contributed by atoms with E-state index in [1.807, 2.05) is 26.1 Å². The van der Waals surface area contributed by atoms with Crippen molar-refractivity contribution in [1.82, 2.24) is 14.8 Å². The molecule has 0 bridgehead atoms. The van der Waals surface area contributed by atoms with E-state index in [2.05, 4.69) is 10.2 Å². The van der Waals surface area contributed by atoms with Gasteiger partial charge in [0.25, 0.3) is 0 Å².